The van der Waals surface area contributed by atoms with Gasteiger partial charge in [0.2, 0.25) is 0 Å². The number of hydrogen-bond acceptors (Lipinski definition) is 7. The SMILES string of the molecule is CCN(Cc1ccc2c(c1)OCCO2)C(=O)COC(=O)c1cnc2c(cnn2C2CCCC2)c1. The van der Waals surface area contributed by atoms with Gasteiger partial charge in [0.05, 0.1) is 17.8 Å². The van der Waals surface area contributed by atoms with Gasteiger partial charge in [-0.1, -0.05) is 18.9 Å². The van der Waals surface area contributed by atoms with E-state index in [0.717, 1.165) is 29.4 Å². The zero-order valence-electron chi connectivity index (χ0n) is 19.2. The van der Waals surface area contributed by atoms with Gasteiger partial charge in [0.1, 0.15) is 13.2 Å². The molecule has 2 aliphatic rings. The first-order valence-corrected chi connectivity index (χ1v) is 11.8. The van der Waals surface area contributed by atoms with Gasteiger partial charge in [0.15, 0.2) is 23.8 Å². The summed E-state index contributed by atoms with van der Waals surface area (Å²) in [7, 11) is 0. The zero-order valence-corrected chi connectivity index (χ0v) is 19.2. The van der Waals surface area contributed by atoms with Crippen molar-refractivity contribution >= 4 is 22.9 Å². The molecule has 0 saturated heterocycles. The maximum Gasteiger partial charge on any atom is 0.340 e. The van der Waals surface area contributed by atoms with Crippen LogP contribution in [-0.2, 0) is 16.1 Å². The molecule has 9 nitrogen and oxygen atoms in total. The highest BCUT2D eigenvalue weighted by Crippen LogP contribution is 2.32. The maximum atomic E-state index is 12.7. The molecule has 3 aromatic rings. The Kier molecular flexibility index (Phi) is 6.33. The van der Waals surface area contributed by atoms with Crippen LogP contribution >= 0.6 is 0 Å². The van der Waals surface area contributed by atoms with Gasteiger partial charge >= 0.3 is 5.97 Å². The summed E-state index contributed by atoms with van der Waals surface area (Å²) < 4.78 is 18.4. The maximum absolute atomic E-state index is 12.7. The van der Waals surface area contributed by atoms with E-state index >= 15 is 0 Å². The number of rotatable bonds is 7. The number of pyridine rings is 1. The molecule has 34 heavy (non-hydrogen) atoms. The van der Waals surface area contributed by atoms with Crippen LogP contribution in [0.1, 0.15) is 54.6 Å². The number of fused-ring (bicyclic) bond motifs is 2. The third-order valence-electron chi connectivity index (χ3n) is 6.38. The van der Waals surface area contributed by atoms with Crippen LogP contribution in [0, 0.1) is 0 Å². The van der Waals surface area contributed by atoms with Gasteiger partial charge in [-0.25, -0.2) is 14.5 Å². The van der Waals surface area contributed by atoms with Gasteiger partial charge in [-0.15, -0.1) is 0 Å². The molecule has 1 aliphatic carbocycles. The smallest absolute Gasteiger partial charge is 0.340 e. The average Bonchev–Trinajstić information content (AvgIpc) is 3.55. The van der Waals surface area contributed by atoms with E-state index in [1.165, 1.54) is 19.0 Å². The van der Waals surface area contributed by atoms with Crippen molar-refractivity contribution < 1.29 is 23.8 Å². The molecule has 0 atom stereocenters. The van der Waals surface area contributed by atoms with E-state index in [0.29, 0.717) is 49.4 Å². The second kappa shape index (κ2) is 9.70. The van der Waals surface area contributed by atoms with Crippen LogP contribution in [0.4, 0.5) is 0 Å². The molecule has 3 heterocycles. The van der Waals surface area contributed by atoms with Gasteiger partial charge in [-0.05, 0) is 43.5 Å². The molecule has 1 fully saturated rings. The summed E-state index contributed by atoms with van der Waals surface area (Å²) in [6.07, 6.45) is 7.83. The monoisotopic (exact) mass is 464 g/mol. The van der Waals surface area contributed by atoms with Gasteiger partial charge in [-0.3, -0.25) is 4.79 Å². The van der Waals surface area contributed by atoms with Crippen LogP contribution in [0.15, 0.2) is 36.7 Å². The van der Waals surface area contributed by atoms with Crippen molar-refractivity contribution in [3.63, 3.8) is 0 Å². The summed E-state index contributed by atoms with van der Waals surface area (Å²) in [5.74, 6) is 0.538. The molecule has 0 N–H and O–H groups in total. The number of amides is 1. The van der Waals surface area contributed by atoms with E-state index < -0.39 is 5.97 Å². The predicted molar refractivity (Wildman–Crippen MR) is 124 cm³/mol. The Labute approximate surface area is 197 Å². The van der Waals surface area contributed by atoms with Gasteiger partial charge < -0.3 is 19.1 Å². The Morgan fingerprint density at radius 3 is 2.71 bits per heavy atom. The number of nitrogens with zero attached hydrogens (tertiary/aromatic N) is 4. The topological polar surface area (TPSA) is 95.8 Å². The number of carbonyl (C=O) groups excluding carboxylic acids is 2. The van der Waals surface area contributed by atoms with E-state index in [9.17, 15) is 9.59 Å². The predicted octanol–water partition coefficient (Wildman–Crippen LogP) is 3.52. The fourth-order valence-corrected chi connectivity index (χ4v) is 4.55. The van der Waals surface area contributed by atoms with Crippen LogP contribution in [-0.4, -0.2) is 57.9 Å². The molecule has 1 amide bonds. The minimum atomic E-state index is -0.577. The highest BCUT2D eigenvalue weighted by Gasteiger charge is 2.22. The van der Waals surface area contributed by atoms with Crippen molar-refractivity contribution in [3.8, 4) is 11.5 Å². The Hall–Kier alpha value is -3.62. The second-order valence-electron chi connectivity index (χ2n) is 8.63. The summed E-state index contributed by atoms with van der Waals surface area (Å²) in [5, 5.41) is 5.27. The highest BCUT2D eigenvalue weighted by atomic mass is 16.6. The fourth-order valence-electron chi connectivity index (χ4n) is 4.55. The number of carbonyl (C=O) groups is 2. The molecule has 1 aromatic carbocycles. The number of benzene rings is 1. The second-order valence-corrected chi connectivity index (χ2v) is 8.63. The molecule has 0 spiro atoms. The third kappa shape index (κ3) is 4.55. The first-order valence-electron chi connectivity index (χ1n) is 11.8. The Balaban J connectivity index is 1.20. The van der Waals surface area contributed by atoms with Crippen molar-refractivity contribution in [2.24, 2.45) is 0 Å². The van der Waals surface area contributed by atoms with E-state index in [1.54, 1.807) is 17.2 Å². The average molecular weight is 465 g/mol. The van der Waals surface area contributed by atoms with E-state index in [4.69, 9.17) is 14.2 Å². The van der Waals surface area contributed by atoms with Crippen molar-refractivity contribution in [2.75, 3.05) is 26.4 Å². The fraction of sp³-hybridized carbons (Fsp3) is 0.440. The number of esters is 1. The van der Waals surface area contributed by atoms with Crippen LogP contribution in [0.25, 0.3) is 11.0 Å². The quantitative estimate of drug-likeness (QED) is 0.494. The summed E-state index contributed by atoms with van der Waals surface area (Å²) in [6, 6.07) is 7.72. The number of ether oxygens (including phenoxy) is 3. The lowest BCUT2D eigenvalue weighted by Crippen LogP contribution is -2.34. The zero-order chi connectivity index (χ0) is 23.5. The Morgan fingerprint density at radius 1 is 1.12 bits per heavy atom. The largest absolute Gasteiger partial charge is 0.486 e. The minimum Gasteiger partial charge on any atom is -0.486 e. The lowest BCUT2D eigenvalue weighted by molar-refractivity contribution is -0.134. The molecule has 0 unspecified atom stereocenters. The van der Waals surface area contributed by atoms with E-state index in [1.807, 2.05) is 29.8 Å². The molecular formula is C25H28N4O5. The number of likely N-dealkylation sites (N-methyl/N-ethyl adjacent to an activating group) is 1. The third-order valence-corrected chi connectivity index (χ3v) is 6.38. The van der Waals surface area contributed by atoms with Crippen molar-refractivity contribution in [1.82, 2.24) is 19.7 Å². The van der Waals surface area contributed by atoms with E-state index in [-0.39, 0.29) is 12.5 Å². The van der Waals surface area contributed by atoms with Crippen molar-refractivity contribution in [2.45, 2.75) is 45.2 Å². The number of aromatic nitrogens is 3. The molecule has 178 valence electrons. The van der Waals surface area contributed by atoms with Crippen LogP contribution in [0.3, 0.4) is 0 Å². The minimum absolute atomic E-state index is 0.270. The molecular weight excluding hydrogens is 436 g/mol. The van der Waals surface area contributed by atoms with Gasteiger partial charge in [0.25, 0.3) is 5.91 Å². The van der Waals surface area contributed by atoms with Crippen LogP contribution in [0.2, 0.25) is 0 Å². The van der Waals surface area contributed by atoms with Crippen molar-refractivity contribution in [3.05, 3.63) is 47.8 Å². The summed E-state index contributed by atoms with van der Waals surface area (Å²) >= 11 is 0. The molecule has 2 aromatic heterocycles. The molecule has 0 radical (unpaired) electrons. The standard InChI is InChI=1S/C25H28N4O5/c1-2-28(15-17-7-8-21-22(11-17)33-10-9-32-21)23(30)16-34-25(31)19-12-18-14-27-29(24(18)26-13-19)20-5-3-4-6-20/h7-8,11-14,20H,2-6,9-10,15-16H2,1H3. The lowest BCUT2D eigenvalue weighted by Gasteiger charge is -2.23. The molecule has 1 saturated carbocycles. The Bertz CT molecular complexity index is 1200. The van der Waals surface area contributed by atoms with Gasteiger partial charge in [-0.2, -0.15) is 5.10 Å². The summed E-state index contributed by atoms with van der Waals surface area (Å²) in [4.78, 5) is 31.4. The normalized spacial score (nSPS) is 15.4. The molecule has 1 aliphatic heterocycles. The number of hydrogen-bond donors (Lipinski definition) is 0. The first kappa shape index (κ1) is 22.2. The summed E-state index contributed by atoms with van der Waals surface area (Å²) in [6.45, 7) is 3.46. The van der Waals surface area contributed by atoms with Crippen LogP contribution in [0.5, 0.6) is 11.5 Å². The lowest BCUT2D eigenvalue weighted by atomic mass is 10.1. The van der Waals surface area contributed by atoms with Gasteiger partial charge in [0, 0.05) is 24.7 Å². The molecule has 9 heteroatoms. The highest BCUT2D eigenvalue weighted by molar-refractivity contribution is 5.94. The van der Waals surface area contributed by atoms with Crippen molar-refractivity contribution in [1.29, 1.82) is 0 Å². The Morgan fingerprint density at radius 2 is 1.91 bits per heavy atom. The summed E-state index contributed by atoms with van der Waals surface area (Å²) in [5.41, 5.74) is 2.00. The molecule has 0 bridgehead atoms. The molecule has 5 rings (SSSR count). The van der Waals surface area contributed by atoms with Crippen LogP contribution < -0.4 is 9.47 Å². The van der Waals surface area contributed by atoms with E-state index in [2.05, 4.69) is 10.1 Å². The first-order chi connectivity index (χ1) is 16.6.